The molecule has 0 bridgehead atoms. The third kappa shape index (κ3) is 6.37. The molecule has 2 heterocycles. The summed E-state index contributed by atoms with van der Waals surface area (Å²) in [7, 11) is -3.64. The van der Waals surface area contributed by atoms with E-state index in [0.717, 1.165) is 50.5 Å². The largest absolute Gasteiger partial charge is 0.369 e. The van der Waals surface area contributed by atoms with Crippen LogP contribution in [0.4, 0.5) is 11.4 Å². The lowest BCUT2D eigenvalue weighted by molar-refractivity contribution is 0.0951. The zero-order valence-electron chi connectivity index (χ0n) is 19.2. The second-order valence-corrected chi connectivity index (χ2v) is 11.3. The van der Waals surface area contributed by atoms with E-state index in [1.165, 1.54) is 11.3 Å². The van der Waals surface area contributed by atoms with Crippen LogP contribution in [-0.2, 0) is 10.0 Å². The van der Waals surface area contributed by atoms with Gasteiger partial charge in [0.05, 0.1) is 0 Å². The van der Waals surface area contributed by atoms with Crippen molar-refractivity contribution in [3.8, 4) is 0 Å². The highest BCUT2D eigenvalue weighted by Crippen LogP contribution is 2.21. The first-order valence-corrected chi connectivity index (χ1v) is 13.8. The second-order valence-electron chi connectivity index (χ2n) is 8.40. The van der Waals surface area contributed by atoms with Gasteiger partial charge in [0.2, 0.25) is 0 Å². The predicted molar refractivity (Wildman–Crippen MR) is 138 cm³/mol. The van der Waals surface area contributed by atoms with Gasteiger partial charge in [0.15, 0.2) is 0 Å². The molecule has 0 unspecified atom stereocenters. The molecule has 9 heteroatoms. The van der Waals surface area contributed by atoms with E-state index < -0.39 is 10.0 Å². The molecule has 7 nitrogen and oxygen atoms in total. The van der Waals surface area contributed by atoms with Crippen molar-refractivity contribution in [2.75, 3.05) is 48.9 Å². The van der Waals surface area contributed by atoms with Gasteiger partial charge in [-0.25, -0.2) is 8.42 Å². The number of piperazine rings is 1. The van der Waals surface area contributed by atoms with Crippen LogP contribution in [0.15, 0.2) is 70.3 Å². The Hall–Kier alpha value is -2.88. The smallest absolute Gasteiger partial charge is 0.271 e. The van der Waals surface area contributed by atoms with Crippen molar-refractivity contribution in [2.24, 2.45) is 0 Å². The van der Waals surface area contributed by atoms with E-state index >= 15 is 0 Å². The second kappa shape index (κ2) is 11.0. The fourth-order valence-corrected chi connectivity index (χ4v) is 6.05. The summed E-state index contributed by atoms with van der Waals surface area (Å²) in [6.45, 7) is 7.65. The molecule has 1 saturated heterocycles. The monoisotopic (exact) mass is 498 g/mol. The van der Waals surface area contributed by atoms with Gasteiger partial charge in [-0.2, -0.15) is 0 Å². The zero-order chi connectivity index (χ0) is 24.0. The number of sulfonamides is 1. The maximum Gasteiger partial charge on any atom is 0.271 e. The minimum absolute atomic E-state index is 0.207. The maximum absolute atomic E-state index is 12.6. The number of hydrogen-bond acceptors (Lipinski definition) is 6. The third-order valence-electron chi connectivity index (χ3n) is 5.81. The number of rotatable bonds is 9. The van der Waals surface area contributed by atoms with Crippen LogP contribution >= 0.6 is 11.3 Å². The Balaban J connectivity index is 1.20. The predicted octanol–water partition coefficient (Wildman–Crippen LogP) is 3.80. The van der Waals surface area contributed by atoms with Crippen molar-refractivity contribution >= 4 is 38.6 Å². The fraction of sp³-hybridized carbons (Fsp3) is 0.320. The summed E-state index contributed by atoms with van der Waals surface area (Å²) >= 11 is 1.15. The molecule has 180 valence electrons. The topological polar surface area (TPSA) is 81.8 Å². The molecule has 3 aromatic rings. The standard InChI is InChI=1S/C25H30N4O3S2/c1-20-6-2-9-23(18-20)29-15-13-28(14-16-29)12-5-11-26-25(30)21-7-3-8-22(19-21)27-34(31,32)24-10-4-17-33-24/h2-4,6-10,17-19,27H,5,11-16H2,1H3,(H,26,30). The van der Waals surface area contributed by atoms with Crippen molar-refractivity contribution in [3.63, 3.8) is 0 Å². The molecule has 1 aliphatic heterocycles. The van der Waals surface area contributed by atoms with Crippen LogP contribution in [0.5, 0.6) is 0 Å². The lowest BCUT2D eigenvalue weighted by Gasteiger charge is -2.36. The maximum atomic E-state index is 12.6. The number of anilines is 2. The van der Waals surface area contributed by atoms with Gasteiger partial charge in [0, 0.05) is 49.7 Å². The van der Waals surface area contributed by atoms with Gasteiger partial charge < -0.3 is 10.2 Å². The molecule has 4 rings (SSSR count). The van der Waals surface area contributed by atoms with Crippen LogP contribution in [-0.4, -0.2) is 58.5 Å². The first-order chi connectivity index (χ1) is 16.4. The Kier molecular flexibility index (Phi) is 7.87. The summed E-state index contributed by atoms with van der Waals surface area (Å²) in [6.07, 6.45) is 0.862. The molecule has 0 aliphatic carbocycles. The number of nitrogens with one attached hydrogen (secondary N) is 2. The molecule has 2 aromatic carbocycles. The molecular formula is C25H30N4O3S2. The van der Waals surface area contributed by atoms with Gasteiger partial charge in [0.1, 0.15) is 4.21 Å². The van der Waals surface area contributed by atoms with Crippen molar-refractivity contribution in [1.82, 2.24) is 10.2 Å². The van der Waals surface area contributed by atoms with Crippen molar-refractivity contribution < 1.29 is 13.2 Å². The molecule has 0 atom stereocenters. The number of carbonyl (C=O) groups excluding carboxylic acids is 1. The molecule has 0 spiro atoms. The highest BCUT2D eigenvalue weighted by atomic mass is 32.2. The van der Waals surface area contributed by atoms with E-state index in [4.69, 9.17) is 0 Å². The summed E-state index contributed by atoms with van der Waals surface area (Å²) in [5.41, 5.74) is 3.36. The molecule has 1 aromatic heterocycles. The van der Waals surface area contributed by atoms with Gasteiger partial charge >= 0.3 is 0 Å². The Bertz CT molecular complexity index is 1200. The number of nitrogens with zero attached hydrogens (tertiary/aromatic N) is 2. The molecule has 34 heavy (non-hydrogen) atoms. The summed E-state index contributed by atoms with van der Waals surface area (Å²) in [4.78, 5) is 17.4. The van der Waals surface area contributed by atoms with Crippen molar-refractivity contribution in [3.05, 3.63) is 77.2 Å². The van der Waals surface area contributed by atoms with Gasteiger partial charge in [-0.15, -0.1) is 11.3 Å². The average molecular weight is 499 g/mol. The van der Waals surface area contributed by atoms with Crippen LogP contribution in [0.3, 0.4) is 0 Å². The molecular weight excluding hydrogens is 468 g/mol. The van der Waals surface area contributed by atoms with Crippen LogP contribution in [0, 0.1) is 6.92 Å². The van der Waals surface area contributed by atoms with Gasteiger partial charge in [0.25, 0.3) is 15.9 Å². The third-order valence-corrected chi connectivity index (χ3v) is 8.59. The summed E-state index contributed by atoms with van der Waals surface area (Å²) in [5.74, 6) is -0.207. The number of carbonyl (C=O) groups is 1. The lowest BCUT2D eigenvalue weighted by atomic mass is 10.2. The molecule has 1 fully saturated rings. The number of hydrogen-bond donors (Lipinski definition) is 2. The van der Waals surface area contributed by atoms with Crippen LogP contribution in [0.1, 0.15) is 22.3 Å². The zero-order valence-corrected chi connectivity index (χ0v) is 20.9. The minimum Gasteiger partial charge on any atom is -0.369 e. The minimum atomic E-state index is -3.64. The molecule has 1 aliphatic rings. The number of aryl methyl sites for hydroxylation is 1. The summed E-state index contributed by atoms with van der Waals surface area (Å²) in [6, 6.07) is 18.4. The van der Waals surface area contributed by atoms with Crippen LogP contribution < -0.4 is 14.9 Å². The Morgan fingerprint density at radius 1 is 1.00 bits per heavy atom. The molecule has 0 radical (unpaired) electrons. The van der Waals surface area contributed by atoms with E-state index in [1.807, 2.05) is 0 Å². The van der Waals surface area contributed by atoms with E-state index in [1.54, 1.807) is 41.8 Å². The average Bonchev–Trinajstić information content (AvgIpc) is 3.38. The highest BCUT2D eigenvalue weighted by Gasteiger charge is 2.18. The number of benzene rings is 2. The number of amides is 1. The first kappa shape index (κ1) is 24.3. The normalized spacial score (nSPS) is 14.7. The molecule has 0 saturated carbocycles. The van der Waals surface area contributed by atoms with E-state index in [2.05, 4.69) is 51.0 Å². The fourth-order valence-electron chi connectivity index (χ4n) is 4.01. The van der Waals surface area contributed by atoms with Gasteiger partial charge in [-0.3, -0.25) is 14.4 Å². The molecule has 2 N–H and O–H groups in total. The molecule has 1 amide bonds. The van der Waals surface area contributed by atoms with Gasteiger partial charge in [-0.05, 0) is 67.2 Å². The van der Waals surface area contributed by atoms with E-state index in [0.29, 0.717) is 17.8 Å². The number of thiophene rings is 1. The summed E-state index contributed by atoms with van der Waals surface area (Å²) < 4.78 is 27.6. The lowest BCUT2D eigenvalue weighted by Crippen LogP contribution is -2.47. The highest BCUT2D eigenvalue weighted by molar-refractivity contribution is 7.94. The SMILES string of the molecule is Cc1cccc(N2CCN(CCCNC(=O)c3cccc(NS(=O)(=O)c4cccs4)c3)CC2)c1. The van der Waals surface area contributed by atoms with Gasteiger partial charge in [-0.1, -0.05) is 24.3 Å². The van der Waals surface area contributed by atoms with Crippen molar-refractivity contribution in [1.29, 1.82) is 0 Å². The Morgan fingerprint density at radius 2 is 1.79 bits per heavy atom. The van der Waals surface area contributed by atoms with E-state index in [9.17, 15) is 13.2 Å². The van der Waals surface area contributed by atoms with Crippen LogP contribution in [0.2, 0.25) is 0 Å². The summed E-state index contributed by atoms with van der Waals surface area (Å²) in [5, 5.41) is 4.66. The Labute approximate surface area is 205 Å². The Morgan fingerprint density at radius 3 is 2.53 bits per heavy atom. The van der Waals surface area contributed by atoms with Crippen LogP contribution in [0.25, 0.3) is 0 Å². The quantitative estimate of drug-likeness (QED) is 0.439. The first-order valence-electron chi connectivity index (χ1n) is 11.4. The van der Waals surface area contributed by atoms with E-state index in [-0.39, 0.29) is 10.1 Å². The van der Waals surface area contributed by atoms with Crippen molar-refractivity contribution in [2.45, 2.75) is 17.6 Å².